The number of rotatable bonds is 1. The Hall–Kier alpha value is -0.0400. The van der Waals surface area contributed by atoms with Gasteiger partial charge in [0.05, 0.1) is 0 Å². The number of hydrogen-bond acceptors (Lipinski definition) is 1. The van der Waals surface area contributed by atoms with Gasteiger partial charge in [-0.05, 0) is 45.4 Å². The van der Waals surface area contributed by atoms with Gasteiger partial charge in [-0.25, -0.2) is 0 Å². The molecule has 76 valence electrons. The average molecular weight is 181 g/mol. The van der Waals surface area contributed by atoms with Crippen LogP contribution in [0.4, 0.5) is 0 Å². The zero-order valence-corrected chi connectivity index (χ0v) is 9.34. The summed E-state index contributed by atoms with van der Waals surface area (Å²) in [7, 11) is 0. The minimum absolute atomic E-state index is 0.740. The van der Waals surface area contributed by atoms with Crippen LogP contribution in [0.25, 0.3) is 0 Å². The van der Waals surface area contributed by atoms with Gasteiger partial charge in [-0.15, -0.1) is 0 Å². The van der Waals surface area contributed by atoms with Crippen LogP contribution < -0.4 is 0 Å². The molecule has 1 spiro atoms. The predicted octanol–water partition coefficient (Wildman–Crippen LogP) is 3.05. The fourth-order valence-electron chi connectivity index (χ4n) is 3.53. The normalized spacial score (nSPS) is 33.7. The Morgan fingerprint density at radius 1 is 1.23 bits per heavy atom. The number of hydrogen-bond donors (Lipinski definition) is 0. The van der Waals surface area contributed by atoms with Gasteiger partial charge in [0.2, 0.25) is 0 Å². The second-order valence-electron chi connectivity index (χ2n) is 5.53. The Morgan fingerprint density at radius 2 is 1.85 bits per heavy atom. The molecule has 13 heavy (non-hydrogen) atoms. The van der Waals surface area contributed by atoms with Crippen molar-refractivity contribution in [2.45, 2.75) is 65.0 Å². The second-order valence-corrected chi connectivity index (χ2v) is 5.53. The summed E-state index contributed by atoms with van der Waals surface area (Å²) < 4.78 is 0. The molecule has 0 radical (unpaired) electrons. The Kier molecular flexibility index (Phi) is 2.39. The lowest BCUT2D eigenvalue weighted by Crippen LogP contribution is -2.34. The highest BCUT2D eigenvalue weighted by Gasteiger charge is 2.44. The Balaban J connectivity index is 2.05. The first-order valence-corrected chi connectivity index (χ1v) is 5.89. The smallest absolute Gasteiger partial charge is 0.00756 e. The quantitative estimate of drug-likeness (QED) is 0.601. The second kappa shape index (κ2) is 3.27. The van der Waals surface area contributed by atoms with E-state index in [0.29, 0.717) is 0 Å². The molecular formula is C12H23N. The molecule has 0 aromatic carbocycles. The van der Waals surface area contributed by atoms with Gasteiger partial charge in [-0.2, -0.15) is 0 Å². The van der Waals surface area contributed by atoms with Crippen molar-refractivity contribution in [2.75, 3.05) is 6.54 Å². The molecule has 2 rings (SSSR count). The van der Waals surface area contributed by atoms with E-state index >= 15 is 0 Å². The minimum atomic E-state index is 0.740. The zero-order chi connectivity index (χ0) is 9.47. The fraction of sp³-hybridized carbons (Fsp3) is 1.00. The SMILES string of the molecule is CC(C)N1CC2(CCCC2)C[C@H]1C. The maximum atomic E-state index is 2.70. The fourth-order valence-corrected chi connectivity index (χ4v) is 3.53. The Labute approximate surface area is 82.5 Å². The van der Waals surface area contributed by atoms with E-state index in [1.165, 1.54) is 38.6 Å². The molecule has 1 aliphatic heterocycles. The molecule has 0 N–H and O–H groups in total. The van der Waals surface area contributed by atoms with Gasteiger partial charge in [0.25, 0.3) is 0 Å². The molecule has 2 aliphatic rings. The summed E-state index contributed by atoms with van der Waals surface area (Å²) >= 11 is 0. The molecule has 1 atom stereocenters. The molecule has 0 amide bonds. The van der Waals surface area contributed by atoms with Crippen LogP contribution >= 0.6 is 0 Å². The summed E-state index contributed by atoms with van der Waals surface area (Å²) in [6.07, 6.45) is 7.43. The first-order valence-electron chi connectivity index (χ1n) is 5.89. The van der Waals surface area contributed by atoms with Crippen LogP contribution in [0, 0.1) is 5.41 Å². The third kappa shape index (κ3) is 1.63. The molecule has 1 nitrogen and oxygen atoms in total. The lowest BCUT2D eigenvalue weighted by atomic mass is 9.84. The monoisotopic (exact) mass is 181 g/mol. The summed E-state index contributed by atoms with van der Waals surface area (Å²) in [5.74, 6) is 0. The highest BCUT2D eigenvalue weighted by atomic mass is 15.2. The van der Waals surface area contributed by atoms with E-state index in [0.717, 1.165) is 17.5 Å². The molecule has 0 aromatic heterocycles. The molecule has 1 saturated carbocycles. The van der Waals surface area contributed by atoms with Crippen LogP contribution in [0.15, 0.2) is 0 Å². The van der Waals surface area contributed by atoms with E-state index in [-0.39, 0.29) is 0 Å². The van der Waals surface area contributed by atoms with Crippen molar-refractivity contribution in [1.82, 2.24) is 4.90 Å². The molecule has 1 heterocycles. The first-order chi connectivity index (χ1) is 6.13. The van der Waals surface area contributed by atoms with Gasteiger partial charge in [-0.3, -0.25) is 4.90 Å². The molecule has 1 saturated heterocycles. The maximum absolute atomic E-state index is 2.70. The van der Waals surface area contributed by atoms with E-state index < -0.39 is 0 Å². The van der Waals surface area contributed by atoms with Crippen molar-refractivity contribution in [3.8, 4) is 0 Å². The average Bonchev–Trinajstić information content (AvgIpc) is 2.60. The number of nitrogens with zero attached hydrogens (tertiary/aromatic N) is 1. The van der Waals surface area contributed by atoms with E-state index in [1.807, 2.05) is 0 Å². The van der Waals surface area contributed by atoms with Crippen LogP contribution in [0.2, 0.25) is 0 Å². The molecule has 0 bridgehead atoms. The van der Waals surface area contributed by atoms with Crippen molar-refractivity contribution in [2.24, 2.45) is 5.41 Å². The molecule has 0 aromatic rings. The van der Waals surface area contributed by atoms with Gasteiger partial charge in [0.1, 0.15) is 0 Å². The van der Waals surface area contributed by atoms with Crippen molar-refractivity contribution < 1.29 is 0 Å². The van der Waals surface area contributed by atoms with Crippen molar-refractivity contribution in [1.29, 1.82) is 0 Å². The molecular weight excluding hydrogens is 158 g/mol. The predicted molar refractivity (Wildman–Crippen MR) is 56.8 cm³/mol. The topological polar surface area (TPSA) is 3.24 Å². The van der Waals surface area contributed by atoms with E-state index in [4.69, 9.17) is 0 Å². The van der Waals surface area contributed by atoms with Crippen LogP contribution in [0.1, 0.15) is 52.9 Å². The summed E-state index contributed by atoms with van der Waals surface area (Å²) in [5, 5.41) is 0. The summed E-state index contributed by atoms with van der Waals surface area (Å²) in [6, 6.07) is 1.58. The van der Waals surface area contributed by atoms with Gasteiger partial charge >= 0.3 is 0 Å². The largest absolute Gasteiger partial charge is 0.298 e. The standard InChI is InChI=1S/C12H23N/c1-10(2)13-9-12(8-11(13)3)6-4-5-7-12/h10-11H,4-9H2,1-3H3/t11-/m1/s1. The third-order valence-corrected chi connectivity index (χ3v) is 4.14. The van der Waals surface area contributed by atoms with Gasteiger partial charge < -0.3 is 0 Å². The van der Waals surface area contributed by atoms with Gasteiger partial charge in [0, 0.05) is 18.6 Å². The van der Waals surface area contributed by atoms with Crippen molar-refractivity contribution in [3.05, 3.63) is 0 Å². The van der Waals surface area contributed by atoms with E-state index in [9.17, 15) is 0 Å². The number of likely N-dealkylation sites (tertiary alicyclic amines) is 1. The van der Waals surface area contributed by atoms with Crippen LogP contribution in [0.5, 0.6) is 0 Å². The molecule has 0 unspecified atom stereocenters. The third-order valence-electron chi connectivity index (χ3n) is 4.14. The minimum Gasteiger partial charge on any atom is -0.298 e. The Morgan fingerprint density at radius 3 is 2.31 bits per heavy atom. The van der Waals surface area contributed by atoms with Crippen LogP contribution in [-0.4, -0.2) is 23.5 Å². The zero-order valence-electron chi connectivity index (χ0n) is 9.34. The maximum Gasteiger partial charge on any atom is 0.00756 e. The van der Waals surface area contributed by atoms with E-state index in [2.05, 4.69) is 25.7 Å². The summed E-state index contributed by atoms with van der Waals surface area (Å²) in [5.41, 5.74) is 0.740. The van der Waals surface area contributed by atoms with Gasteiger partial charge in [0.15, 0.2) is 0 Å². The lowest BCUT2D eigenvalue weighted by Gasteiger charge is -2.27. The van der Waals surface area contributed by atoms with Crippen molar-refractivity contribution >= 4 is 0 Å². The first kappa shape index (κ1) is 9.51. The van der Waals surface area contributed by atoms with Crippen molar-refractivity contribution in [3.63, 3.8) is 0 Å². The highest BCUT2D eigenvalue weighted by molar-refractivity contribution is 4.97. The summed E-state index contributed by atoms with van der Waals surface area (Å²) in [4.78, 5) is 2.70. The molecule has 2 fully saturated rings. The lowest BCUT2D eigenvalue weighted by molar-refractivity contribution is 0.195. The summed E-state index contributed by atoms with van der Waals surface area (Å²) in [6.45, 7) is 8.47. The van der Waals surface area contributed by atoms with Crippen LogP contribution in [-0.2, 0) is 0 Å². The van der Waals surface area contributed by atoms with E-state index in [1.54, 1.807) is 0 Å². The molecule has 1 aliphatic carbocycles. The highest BCUT2D eigenvalue weighted by Crippen LogP contribution is 2.47. The van der Waals surface area contributed by atoms with Crippen LogP contribution in [0.3, 0.4) is 0 Å². The van der Waals surface area contributed by atoms with Gasteiger partial charge in [-0.1, -0.05) is 12.8 Å². The Bertz CT molecular complexity index is 180. The molecule has 1 heteroatoms.